The highest BCUT2D eigenvalue weighted by molar-refractivity contribution is 6.31. The van der Waals surface area contributed by atoms with E-state index in [0.29, 0.717) is 30.1 Å². The number of hydrogen-bond acceptors (Lipinski definition) is 3. The van der Waals surface area contributed by atoms with Crippen LogP contribution in [-0.2, 0) is 6.54 Å². The van der Waals surface area contributed by atoms with Crippen molar-refractivity contribution in [1.82, 2.24) is 5.32 Å². The van der Waals surface area contributed by atoms with E-state index >= 15 is 0 Å². The van der Waals surface area contributed by atoms with Crippen LogP contribution in [0, 0.1) is 0 Å². The summed E-state index contributed by atoms with van der Waals surface area (Å²) in [5.74, 6) is 0.0174. The molecule has 0 unspecified atom stereocenters. The van der Waals surface area contributed by atoms with Crippen LogP contribution in [0.25, 0.3) is 0 Å². The van der Waals surface area contributed by atoms with Gasteiger partial charge in [-0.2, -0.15) is 0 Å². The van der Waals surface area contributed by atoms with Crippen LogP contribution in [0.5, 0.6) is 0 Å². The molecule has 94 valence electrons. The molecule has 0 aliphatic heterocycles. The molecule has 0 atom stereocenters. The lowest BCUT2D eigenvalue weighted by Gasteiger charge is -2.07. The monoisotopic (exact) mass is 259 g/mol. The van der Waals surface area contributed by atoms with E-state index in [4.69, 9.17) is 22.5 Å². The van der Waals surface area contributed by atoms with E-state index in [1.807, 2.05) is 0 Å². The molecule has 0 saturated heterocycles. The summed E-state index contributed by atoms with van der Waals surface area (Å²) < 4.78 is 11.9. The van der Waals surface area contributed by atoms with Gasteiger partial charge in [0.2, 0.25) is 0 Å². The second-order valence-corrected chi connectivity index (χ2v) is 3.92. The summed E-state index contributed by atoms with van der Waals surface area (Å²) in [6.45, 7) is 0.841. The number of benzene rings is 1. The van der Waals surface area contributed by atoms with Gasteiger partial charge in [-0.1, -0.05) is 28.9 Å². The first-order valence-electron chi connectivity index (χ1n) is 5.22. The molecule has 1 aromatic rings. The van der Waals surface area contributed by atoms with Gasteiger partial charge in [-0.15, -0.1) is 0 Å². The van der Waals surface area contributed by atoms with Gasteiger partial charge in [0.25, 0.3) is 0 Å². The SMILES string of the molecule is N/C(=N/O)c1ccc(CNCCCF)c(Cl)c1. The van der Waals surface area contributed by atoms with Gasteiger partial charge in [0.05, 0.1) is 6.67 Å². The number of rotatable bonds is 6. The number of oxime groups is 1. The minimum Gasteiger partial charge on any atom is -0.409 e. The molecule has 0 aromatic heterocycles. The van der Waals surface area contributed by atoms with Crippen molar-refractivity contribution in [2.75, 3.05) is 13.2 Å². The maximum Gasteiger partial charge on any atom is 0.170 e. The fourth-order valence-corrected chi connectivity index (χ4v) is 1.57. The van der Waals surface area contributed by atoms with Gasteiger partial charge in [0, 0.05) is 17.1 Å². The maximum absolute atomic E-state index is 11.9. The summed E-state index contributed by atoms with van der Waals surface area (Å²) in [7, 11) is 0. The van der Waals surface area contributed by atoms with Gasteiger partial charge in [-0.05, 0) is 24.6 Å². The highest BCUT2D eigenvalue weighted by Crippen LogP contribution is 2.17. The molecule has 4 N–H and O–H groups in total. The van der Waals surface area contributed by atoms with E-state index in [1.165, 1.54) is 0 Å². The van der Waals surface area contributed by atoms with Gasteiger partial charge in [-0.25, -0.2) is 0 Å². The zero-order chi connectivity index (χ0) is 12.7. The number of alkyl halides is 1. The normalized spacial score (nSPS) is 11.8. The third kappa shape index (κ3) is 4.20. The lowest BCUT2D eigenvalue weighted by molar-refractivity contribution is 0.318. The maximum atomic E-state index is 11.9. The number of nitrogens with one attached hydrogen (secondary N) is 1. The zero-order valence-electron chi connectivity index (χ0n) is 9.29. The molecule has 6 heteroatoms. The second kappa shape index (κ2) is 7.09. The fourth-order valence-electron chi connectivity index (χ4n) is 1.32. The number of nitrogens with zero attached hydrogens (tertiary/aromatic N) is 1. The summed E-state index contributed by atoms with van der Waals surface area (Å²) in [6, 6.07) is 5.13. The van der Waals surface area contributed by atoms with Crippen molar-refractivity contribution in [2.24, 2.45) is 10.9 Å². The number of nitrogens with two attached hydrogens (primary N) is 1. The standard InChI is InChI=1S/C11H15ClFN3O/c12-10-6-8(11(14)16-17)2-3-9(10)7-15-5-1-4-13/h2-3,6,15,17H,1,4-5,7H2,(H2,14,16). The summed E-state index contributed by atoms with van der Waals surface area (Å²) >= 11 is 6.04. The van der Waals surface area contributed by atoms with Gasteiger partial charge in [0.1, 0.15) is 0 Å². The van der Waals surface area contributed by atoms with Gasteiger partial charge in [0.15, 0.2) is 5.84 Å². The highest BCUT2D eigenvalue weighted by atomic mass is 35.5. The van der Waals surface area contributed by atoms with Crippen LogP contribution >= 0.6 is 11.6 Å². The quantitative estimate of drug-likeness (QED) is 0.240. The van der Waals surface area contributed by atoms with Crippen molar-refractivity contribution in [1.29, 1.82) is 0 Å². The summed E-state index contributed by atoms with van der Waals surface area (Å²) in [4.78, 5) is 0. The van der Waals surface area contributed by atoms with Crippen LogP contribution in [0.4, 0.5) is 4.39 Å². The smallest absolute Gasteiger partial charge is 0.170 e. The molecule has 1 rings (SSSR count). The minimum absolute atomic E-state index is 0.0174. The minimum atomic E-state index is -0.330. The Bertz CT molecular complexity index is 398. The average molecular weight is 260 g/mol. The number of halogens is 2. The highest BCUT2D eigenvalue weighted by Gasteiger charge is 2.04. The first kappa shape index (κ1) is 13.7. The van der Waals surface area contributed by atoms with E-state index in [-0.39, 0.29) is 12.5 Å². The molecule has 1 aromatic carbocycles. The third-order valence-corrected chi connectivity index (χ3v) is 2.61. The van der Waals surface area contributed by atoms with Crippen LogP contribution in [0.1, 0.15) is 17.5 Å². The first-order chi connectivity index (χ1) is 8.19. The van der Waals surface area contributed by atoms with E-state index in [9.17, 15) is 4.39 Å². The molecule has 0 saturated carbocycles. The average Bonchev–Trinajstić information content (AvgIpc) is 2.35. The molecule has 0 heterocycles. The Balaban J connectivity index is 2.63. The predicted molar refractivity (Wildman–Crippen MR) is 66.3 cm³/mol. The van der Waals surface area contributed by atoms with Crippen LogP contribution in [0.15, 0.2) is 23.4 Å². The zero-order valence-corrected chi connectivity index (χ0v) is 10.0. The van der Waals surface area contributed by atoms with Crippen molar-refractivity contribution in [2.45, 2.75) is 13.0 Å². The van der Waals surface area contributed by atoms with Crippen molar-refractivity contribution < 1.29 is 9.60 Å². The molecule has 0 amide bonds. The van der Waals surface area contributed by atoms with Crippen molar-refractivity contribution in [3.05, 3.63) is 34.3 Å². The second-order valence-electron chi connectivity index (χ2n) is 3.51. The van der Waals surface area contributed by atoms with Crippen molar-refractivity contribution in [3.63, 3.8) is 0 Å². The first-order valence-corrected chi connectivity index (χ1v) is 5.60. The Labute approximate surface area is 104 Å². The Kier molecular flexibility index (Phi) is 5.72. The van der Waals surface area contributed by atoms with Crippen LogP contribution in [-0.4, -0.2) is 24.3 Å². The summed E-state index contributed by atoms with van der Waals surface area (Å²) in [5.41, 5.74) is 6.89. The molecule has 0 aliphatic carbocycles. The summed E-state index contributed by atoms with van der Waals surface area (Å²) in [6.07, 6.45) is 0.486. The third-order valence-electron chi connectivity index (χ3n) is 2.26. The topological polar surface area (TPSA) is 70.6 Å². The molecule has 0 aliphatic rings. The van der Waals surface area contributed by atoms with Gasteiger partial charge >= 0.3 is 0 Å². The van der Waals surface area contributed by atoms with Gasteiger partial charge < -0.3 is 16.3 Å². The molecule has 17 heavy (non-hydrogen) atoms. The summed E-state index contributed by atoms with van der Waals surface area (Å²) in [5, 5.41) is 15.0. The van der Waals surface area contributed by atoms with Crippen molar-refractivity contribution in [3.8, 4) is 0 Å². The van der Waals surface area contributed by atoms with E-state index in [1.54, 1.807) is 18.2 Å². The van der Waals surface area contributed by atoms with Crippen LogP contribution in [0.2, 0.25) is 5.02 Å². The largest absolute Gasteiger partial charge is 0.409 e. The Morgan fingerprint density at radius 1 is 1.53 bits per heavy atom. The Hall–Kier alpha value is -1.33. The lowest BCUT2D eigenvalue weighted by atomic mass is 10.1. The van der Waals surface area contributed by atoms with E-state index in [2.05, 4.69) is 10.5 Å². The van der Waals surface area contributed by atoms with Crippen LogP contribution < -0.4 is 11.1 Å². The van der Waals surface area contributed by atoms with E-state index in [0.717, 1.165) is 5.56 Å². The van der Waals surface area contributed by atoms with Crippen LogP contribution in [0.3, 0.4) is 0 Å². The Morgan fingerprint density at radius 3 is 2.88 bits per heavy atom. The number of amidine groups is 1. The molecule has 4 nitrogen and oxygen atoms in total. The molecule has 0 bridgehead atoms. The Morgan fingerprint density at radius 2 is 2.29 bits per heavy atom. The molecular weight excluding hydrogens is 245 g/mol. The lowest BCUT2D eigenvalue weighted by Crippen LogP contribution is -2.16. The molecule has 0 spiro atoms. The predicted octanol–water partition coefficient (Wildman–Crippen LogP) is 1.88. The van der Waals surface area contributed by atoms with Gasteiger partial charge in [-0.3, -0.25) is 4.39 Å². The molecular formula is C11H15ClFN3O. The van der Waals surface area contributed by atoms with E-state index < -0.39 is 0 Å². The van der Waals surface area contributed by atoms with Crippen molar-refractivity contribution >= 4 is 17.4 Å². The number of hydrogen-bond donors (Lipinski definition) is 3. The molecule has 0 fully saturated rings. The fraction of sp³-hybridized carbons (Fsp3) is 0.364. The molecule has 0 radical (unpaired) electrons.